The molecule has 1 aromatic carbocycles. The number of nitrogens with one attached hydrogen (secondary N) is 2. The number of hydrogen-bond donors (Lipinski definition) is 2. The van der Waals surface area contributed by atoms with E-state index in [9.17, 15) is 0 Å². The lowest BCUT2D eigenvalue weighted by molar-refractivity contribution is 0.490. The number of rotatable bonds is 5. The predicted molar refractivity (Wildman–Crippen MR) is 105 cm³/mol. The number of fused-ring (bicyclic) bond motifs is 1. The smallest absolute Gasteiger partial charge is 0.189 e. The van der Waals surface area contributed by atoms with E-state index in [4.69, 9.17) is 9.40 Å². The summed E-state index contributed by atoms with van der Waals surface area (Å²) in [5.41, 5.74) is 4.21. The third-order valence-electron chi connectivity index (χ3n) is 4.13. The summed E-state index contributed by atoms with van der Waals surface area (Å²) < 4.78 is 5.59. The Hall–Kier alpha value is -2.93. The standard InChI is InChI=1S/C19H19N5OS/c1-11-5-4-6-12(2)15(11)23-19-24-16-17(21-10-22-18(16)26-19)20-9-14-8-7-13(3)25-14/h4-8,10H,9H2,1-3H3,(H,23,24)(H,20,21,22). The molecule has 0 aliphatic carbocycles. The maximum atomic E-state index is 5.59. The van der Waals surface area contributed by atoms with Crippen LogP contribution in [-0.4, -0.2) is 15.0 Å². The molecule has 0 unspecified atom stereocenters. The van der Waals surface area contributed by atoms with Crippen LogP contribution in [0.15, 0.2) is 41.1 Å². The van der Waals surface area contributed by atoms with Gasteiger partial charge in [-0.25, -0.2) is 15.0 Å². The van der Waals surface area contributed by atoms with Crippen molar-refractivity contribution in [2.45, 2.75) is 27.3 Å². The number of benzene rings is 1. The fraction of sp³-hybridized carbons (Fsp3) is 0.211. The minimum atomic E-state index is 0.553. The lowest BCUT2D eigenvalue weighted by atomic mass is 10.1. The topological polar surface area (TPSA) is 75.9 Å². The molecule has 0 amide bonds. The van der Waals surface area contributed by atoms with Gasteiger partial charge in [0, 0.05) is 5.69 Å². The second-order valence-corrected chi connectivity index (χ2v) is 7.13. The van der Waals surface area contributed by atoms with Gasteiger partial charge in [0.15, 0.2) is 15.8 Å². The van der Waals surface area contributed by atoms with Crippen molar-refractivity contribution < 1.29 is 4.42 Å². The second-order valence-electron chi connectivity index (χ2n) is 6.15. The van der Waals surface area contributed by atoms with Crippen LogP contribution in [0.4, 0.5) is 16.6 Å². The first kappa shape index (κ1) is 16.5. The van der Waals surface area contributed by atoms with Crippen molar-refractivity contribution in [1.82, 2.24) is 15.0 Å². The Kier molecular flexibility index (Phi) is 4.30. The molecule has 7 heteroatoms. The van der Waals surface area contributed by atoms with E-state index in [-0.39, 0.29) is 0 Å². The molecular weight excluding hydrogens is 346 g/mol. The van der Waals surface area contributed by atoms with Gasteiger partial charge in [0.2, 0.25) is 0 Å². The average molecular weight is 365 g/mol. The van der Waals surface area contributed by atoms with Gasteiger partial charge in [0.25, 0.3) is 0 Å². The molecular formula is C19H19N5OS. The molecule has 2 N–H and O–H groups in total. The van der Waals surface area contributed by atoms with Crippen molar-refractivity contribution in [3.8, 4) is 0 Å². The van der Waals surface area contributed by atoms with Crippen molar-refractivity contribution in [2.75, 3.05) is 10.6 Å². The summed E-state index contributed by atoms with van der Waals surface area (Å²) >= 11 is 1.51. The van der Waals surface area contributed by atoms with E-state index in [0.29, 0.717) is 12.4 Å². The fourth-order valence-corrected chi connectivity index (χ4v) is 3.62. The number of aromatic nitrogens is 3. The van der Waals surface area contributed by atoms with Crippen LogP contribution in [0.2, 0.25) is 0 Å². The molecule has 0 aliphatic rings. The molecule has 0 radical (unpaired) electrons. The molecule has 3 aromatic heterocycles. The Bertz CT molecular complexity index is 1050. The van der Waals surface area contributed by atoms with Gasteiger partial charge in [-0.2, -0.15) is 0 Å². The second kappa shape index (κ2) is 6.76. The highest BCUT2D eigenvalue weighted by Crippen LogP contribution is 2.32. The average Bonchev–Trinajstić information content (AvgIpc) is 3.22. The summed E-state index contributed by atoms with van der Waals surface area (Å²) in [7, 11) is 0. The largest absolute Gasteiger partial charge is 0.465 e. The highest BCUT2D eigenvalue weighted by molar-refractivity contribution is 7.21. The monoisotopic (exact) mass is 365 g/mol. The maximum Gasteiger partial charge on any atom is 0.189 e. The van der Waals surface area contributed by atoms with E-state index in [0.717, 1.165) is 32.7 Å². The molecule has 0 fully saturated rings. The minimum Gasteiger partial charge on any atom is -0.465 e. The summed E-state index contributed by atoms with van der Waals surface area (Å²) in [6.07, 6.45) is 1.55. The zero-order chi connectivity index (χ0) is 18.1. The van der Waals surface area contributed by atoms with Gasteiger partial charge in [0.05, 0.1) is 6.54 Å². The molecule has 3 heterocycles. The first-order valence-electron chi connectivity index (χ1n) is 8.34. The number of nitrogens with zero attached hydrogens (tertiary/aromatic N) is 3. The van der Waals surface area contributed by atoms with Gasteiger partial charge < -0.3 is 15.1 Å². The van der Waals surface area contributed by atoms with Gasteiger partial charge in [-0.05, 0) is 44.0 Å². The van der Waals surface area contributed by atoms with E-state index in [2.05, 4.69) is 52.6 Å². The zero-order valence-corrected chi connectivity index (χ0v) is 15.6. The number of para-hydroxylation sites is 1. The Morgan fingerprint density at radius 2 is 1.85 bits per heavy atom. The summed E-state index contributed by atoms with van der Waals surface area (Å²) in [5, 5.41) is 7.52. The highest BCUT2D eigenvalue weighted by Gasteiger charge is 2.12. The van der Waals surface area contributed by atoms with Gasteiger partial charge in [-0.1, -0.05) is 29.5 Å². The molecule has 0 saturated carbocycles. The van der Waals surface area contributed by atoms with Crippen molar-refractivity contribution in [3.63, 3.8) is 0 Å². The van der Waals surface area contributed by atoms with Crippen LogP contribution in [0.1, 0.15) is 22.6 Å². The van der Waals surface area contributed by atoms with Crippen molar-refractivity contribution >= 4 is 38.3 Å². The number of anilines is 3. The van der Waals surface area contributed by atoms with Gasteiger partial charge in [0.1, 0.15) is 23.4 Å². The zero-order valence-electron chi connectivity index (χ0n) is 14.8. The number of hydrogen-bond acceptors (Lipinski definition) is 7. The maximum absolute atomic E-state index is 5.59. The molecule has 0 spiro atoms. The summed E-state index contributed by atoms with van der Waals surface area (Å²) in [4.78, 5) is 14.2. The Balaban J connectivity index is 1.61. The molecule has 4 aromatic rings. The quantitative estimate of drug-likeness (QED) is 0.520. The van der Waals surface area contributed by atoms with Crippen molar-refractivity contribution in [2.24, 2.45) is 0 Å². The van der Waals surface area contributed by atoms with Crippen LogP contribution in [0.3, 0.4) is 0 Å². The van der Waals surface area contributed by atoms with Crippen LogP contribution in [0, 0.1) is 20.8 Å². The first-order valence-corrected chi connectivity index (χ1v) is 9.16. The molecule has 0 bridgehead atoms. The van der Waals surface area contributed by atoms with E-state index in [1.54, 1.807) is 6.33 Å². The van der Waals surface area contributed by atoms with Crippen LogP contribution < -0.4 is 10.6 Å². The number of furan rings is 1. The van der Waals surface area contributed by atoms with E-state index in [1.807, 2.05) is 19.1 Å². The van der Waals surface area contributed by atoms with Gasteiger partial charge >= 0.3 is 0 Å². The molecule has 4 rings (SSSR count). The Labute approximate surface area is 155 Å². The number of thiazole rings is 1. The van der Waals surface area contributed by atoms with Gasteiger partial charge in [-0.15, -0.1) is 0 Å². The molecule has 6 nitrogen and oxygen atoms in total. The highest BCUT2D eigenvalue weighted by atomic mass is 32.1. The van der Waals surface area contributed by atoms with Crippen LogP contribution >= 0.6 is 11.3 Å². The van der Waals surface area contributed by atoms with E-state index in [1.165, 1.54) is 22.5 Å². The van der Waals surface area contributed by atoms with Crippen molar-refractivity contribution in [1.29, 1.82) is 0 Å². The SMILES string of the molecule is Cc1ccc(CNc2ncnc3sc(Nc4c(C)cccc4C)nc23)o1. The Morgan fingerprint density at radius 1 is 1.04 bits per heavy atom. The van der Waals surface area contributed by atoms with E-state index >= 15 is 0 Å². The Morgan fingerprint density at radius 3 is 2.58 bits per heavy atom. The molecule has 0 saturated heterocycles. The predicted octanol–water partition coefficient (Wildman–Crippen LogP) is 4.96. The van der Waals surface area contributed by atoms with Crippen LogP contribution in [0.5, 0.6) is 0 Å². The lowest BCUT2D eigenvalue weighted by Crippen LogP contribution is -2.01. The number of aryl methyl sites for hydroxylation is 3. The van der Waals surface area contributed by atoms with Crippen LogP contribution in [0.25, 0.3) is 10.3 Å². The van der Waals surface area contributed by atoms with E-state index < -0.39 is 0 Å². The normalized spacial score (nSPS) is 11.0. The van der Waals surface area contributed by atoms with Gasteiger partial charge in [-0.3, -0.25) is 0 Å². The summed E-state index contributed by atoms with van der Waals surface area (Å²) in [6.45, 7) is 6.65. The lowest BCUT2D eigenvalue weighted by Gasteiger charge is -2.09. The van der Waals surface area contributed by atoms with Crippen molar-refractivity contribution in [3.05, 3.63) is 59.3 Å². The summed E-state index contributed by atoms with van der Waals surface area (Å²) in [6, 6.07) is 10.1. The molecule has 26 heavy (non-hydrogen) atoms. The summed E-state index contributed by atoms with van der Waals surface area (Å²) in [5.74, 6) is 2.46. The molecule has 132 valence electrons. The van der Waals surface area contributed by atoms with Crippen LogP contribution in [-0.2, 0) is 6.54 Å². The molecule has 0 aliphatic heterocycles. The third kappa shape index (κ3) is 3.25. The first-order chi connectivity index (χ1) is 12.6. The third-order valence-corrected chi connectivity index (χ3v) is 5.01. The minimum absolute atomic E-state index is 0.553. The molecule has 0 atom stereocenters. The fourth-order valence-electron chi connectivity index (χ4n) is 2.81.